The van der Waals surface area contributed by atoms with Gasteiger partial charge < -0.3 is 10.2 Å². The van der Waals surface area contributed by atoms with E-state index in [2.05, 4.69) is 35.4 Å². The molecule has 4 nitrogen and oxygen atoms in total. The van der Waals surface area contributed by atoms with Gasteiger partial charge in [-0.25, -0.2) is 0 Å². The number of hydrogen-bond donors (Lipinski definition) is 1. The first-order valence-corrected chi connectivity index (χ1v) is 7.78. The minimum Gasteiger partial charge on any atom is -0.307 e. The van der Waals surface area contributed by atoms with Crippen molar-refractivity contribution < 1.29 is 0 Å². The molecule has 1 aromatic heterocycles. The van der Waals surface area contributed by atoms with E-state index in [1.54, 1.807) is 0 Å². The minimum absolute atomic E-state index is 0.415. The maximum Gasteiger partial charge on any atom is 0.0537 e. The van der Waals surface area contributed by atoms with Gasteiger partial charge in [-0.1, -0.05) is 0 Å². The fourth-order valence-electron chi connectivity index (χ4n) is 3.10. The van der Waals surface area contributed by atoms with Crippen molar-refractivity contribution in [3.05, 3.63) is 18.0 Å². The van der Waals surface area contributed by atoms with Crippen LogP contribution in [0.5, 0.6) is 0 Å². The second-order valence-corrected chi connectivity index (χ2v) is 6.06. The van der Waals surface area contributed by atoms with Crippen LogP contribution in [-0.4, -0.2) is 39.9 Å². The SMILES string of the molecule is CCn1cc(C(C)NC2CCN(C3CC3)CC2)cn1. The Bertz CT molecular complexity index is 402. The Balaban J connectivity index is 1.48. The van der Waals surface area contributed by atoms with Crippen LogP contribution in [0.4, 0.5) is 0 Å². The van der Waals surface area contributed by atoms with Crippen LogP contribution in [-0.2, 0) is 6.54 Å². The van der Waals surface area contributed by atoms with Crippen molar-refractivity contribution in [3.63, 3.8) is 0 Å². The van der Waals surface area contributed by atoms with E-state index in [9.17, 15) is 0 Å². The number of hydrogen-bond acceptors (Lipinski definition) is 3. The summed E-state index contributed by atoms with van der Waals surface area (Å²) in [5, 5.41) is 8.13. The van der Waals surface area contributed by atoms with E-state index in [4.69, 9.17) is 0 Å². The zero-order chi connectivity index (χ0) is 13.2. The van der Waals surface area contributed by atoms with Crippen LogP contribution >= 0.6 is 0 Å². The van der Waals surface area contributed by atoms with E-state index in [1.807, 2.05) is 10.9 Å². The van der Waals surface area contributed by atoms with Crippen LogP contribution in [0.3, 0.4) is 0 Å². The fraction of sp³-hybridized carbons (Fsp3) is 0.800. The molecule has 1 aliphatic heterocycles. The Morgan fingerprint density at radius 1 is 1.32 bits per heavy atom. The molecule has 0 aromatic carbocycles. The minimum atomic E-state index is 0.415. The van der Waals surface area contributed by atoms with E-state index in [0.717, 1.165) is 12.6 Å². The van der Waals surface area contributed by atoms with E-state index in [1.165, 1.54) is 44.3 Å². The summed E-state index contributed by atoms with van der Waals surface area (Å²) in [5.41, 5.74) is 1.31. The topological polar surface area (TPSA) is 33.1 Å². The molecule has 3 rings (SSSR count). The Hall–Kier alpha value is -0.870. The molecule has 1 atom stereocenters. The molecule has 2 heterocycles. The first-order chi connectivity index (χ1) is 9.26. The Labute approximate surface area is 116 Å². The van der Waals surface area contributed by atoms with Crippen molar-refractivity contribution >= 4 is 0 Å². The van der Waals surface area contributed by atoms with Crippen molar-refractivity contribution in [1.29, 1.82) is 0 Å². The summed E-state index contributed by atoms with van der Waals surface area (Å²) in [5.74, 6) is 0. The lowest BCUT2D eigenvalue weighted by Crippen LogP contribution is -2.43. The molecule has 4 heteroatoms. The number of likely N-dealkylation sites (tertiary alicyclic amines) is 1. The van der Waals surface area contributed by atoms with Crippen molar-refractivity contribution in [1.82, 2.24) is 20.0 Å². The largest absolute Gasteiger partial charge is 0.307 e. The van der Waals surface area contributed by atoms with Crippen molar-refractivity contribution in [2.24, 2.45) is 0 Å². The van der Waals surface area contributed by atoms with Crippen LogP contribution in [0.2, 0.25) is 0 Å². The van der Waals surface area contributed by atoms with Crippen LogP contribution in [0.1, 0.15) is 51.1 Å². The van der Waals surface area contributed by atoms with Gasteiger partial charge in [-0.3, -0.25) is 4.68 Å². The van der Waals surface area contributed by atoms with Gasteiger partial charge in [-0.15, -0.1) is 0 Å². The molecule has 0 bridgehead atoms. The van der Waals surface area contributed by atoms with Crippen molar-refractivity contribution in [2.45, 2.75) is 64.2 Å². The van der Waals surface area contributed by atoms with Gasteiger partial charge in [-0.05, 0) is 52.6 Å². The zero-order valence-corrected chi connectivity index (χ0v) is 12.2. The number of aromatic nitrogens is 2. The lowest BCUT2D eigenvalue weighted by atomic mass is 10.0. The highest BCUT2D eigenvalue weighted by Gasteiger charge is 2.32. The third kappa shape index (κ3) is 3.18. The zero-order valence-electron chi connectivity index (χ0n) is 12.2. The summed E-state index contributed by atoms with van der Waals surface area (Å²) < 4.78 is 2.00. The number of nitrogens with one attached hydrogen (secondary N) is 1. The van der Waals surface area contributed by atoms with Gasteiger partial charge in [0.1, 0.15) is 0 Å². The van der Waals surface area contributed by atoms with Gasteiger partial charge in [0.2, 0.25) is 0 Å². The summed E-state index contributed by atoms with van der Waals surface area (Å²) >= 11 is 0. The molecule has 1 N–H and O–H groups in total. The second kappa shape index (κ2) is 5.63. The number of nitrogens with zero attached hydrogens (tertiary/aromatic N) is 3. The average molecular weight is 262 g/mol. The van der Waals surface area contributed by atoms with Crippen LogP contribution in [0, 0.1) is 0 Å². The molecule has 1 saturated heterocycles. The Kier molecular flexibility index (Phi) is 3.89. The van der Waals surface area contributed by atoms with E-state index in [-0.39, 0.29) is 0 Å². The van der Waals surface area contributed by atoms with Crippen LogP contribution in [0.15, 0.2) is 12.4 Å². The smallest absolute Gasteiger partial charge is 0.0537 e. The molecule has 19 heavy (non-hydrogen) atoms. The van der Waals surface area contributed by atoms with Crippen LogP contribution < -0.4 is 5.32 Å². The molecular weight excluding hydrogens is 236 g/mol. The fourth-order valence-corrected chi connectivity index (χ4v) is 3.10. The maximum absolute atomic E-state index is 4.36. The summed E-state index contributed by atoms with van der Waals surface area (Å²) in [7, 11) is 0. The maximum atomic E-state index is 4.36. The third-order valence-electron chi connectivity index (χ3n) is 4.56. The predicted octanol–water partition coefficient (Wildman–Crippen LogP) is 2.18. The molecule has 106 valence electrons. The normalized spacial score (nSPS) is 23.7. The lowest BCUT2D eigenvalue weighted by Gasteiger charge is -2.33. The van der Waals surface area contributed by atoms with Gasteiger partial charge in [-0.2, -0.15) is 5.10 Å². The quantitative estimate of drug-likeness (QED) is 0.883. The lowest BCUT2D eigenvalue weighted by molar-refractivity contribution is 0.184. The monoisotopic (exact) mass is 262 g/mol. The predicted molar refractivity (Wildman–Crippen MR) is 77.1 cm³/mol. The molecule has 1 aromatic rings. The van der Waals surface area contributed by atoms with Gasteiger partial charge >= 0.3 is 0 Å². The highest BCUT2D eigenvalue weighted by molar-refractivity contribution is 5.09. The Morgan fingerprint density at radius 3 is 2.63 bits per heavy atom. The van der Waals surface area contributed by atoms with Gasteiger partial charge in [0.15, 0.2) is 0 Å². The van der Waals surface area contributed by atoms with E-state index in [0.29, 0.717) is 12.1 Å². The van der Waals surface area contributed by atoms with Crippen LogP contribution in [0.25, 0.3) is 0 Å². The van der Waals surface area contributed by atoms with E-state index >= 15 is 0 Å². The summed E-state index contributed by atoms with van der Waals surface area (Å²) in [6, 6.07) is 2.02. The molecule has 0 radical (unpaired) electrons. The third-order valence-corrected chi connectivity index (χ3v) is 4.56. The molecule has 2 aliphatic rings. The first kappa shape index (κ1) is 13.1. The van der Waals surface area contributed by atoms with E-state index < -0.39 is 0 Å². The molecule has 2 fully saturated rings. The average Bonchev–Trinajstić information content (AvgIpc) is 3.17. The molecular formula is C15H26N4. The van der Waals surface area contributed by atoms with Gasteiger partial charge in [0.05, 0.1) is 6.20 Å². The summed E-state index contributed by atoms with van der Waals surface area (Å²) in [6.45, 7) is 7.89. The highest BCUT2D eigenvalue weighted by atomic mass is 15.3. The standard InChI is InChI=1S/C15H26N4/c1-3-19-11-13(10-16-19)12(2)17-14-6-8-18(9-7-14)15-4-5-15/h10-12,14-15,17H,3-9H2,1-2H3. The number of piperidine rings is 1. The summed E-state index contributed by atoms with van der Waals surface area (Å²) in [6.07, 6.45) is 9.62. The number of rotatable bonds is 5. The number of aryl methyl sites for hydroxylation is 1. The molecule has 1 unspecified atom stereocenters. The molecule has 1 aliphatic carbocycles. The Morgan fingerprint density at radius 2 is 2.05 bits per heavy atom. The van der Waals surface area contributed by atoms with Crippen molar-refractivity contribution in [3.8, 4) is 0 Å². The first-order valence-electron chi connectivity index (χ1n) is 7.78. The van der Waals surface area contributed by atoms with Crippen molar-refractivity contribution in [2.75, 3.05) is 13.1 Å². The summed E-state index contributed by atoms with van der Waals surface area (Å²) in [4.78, 5) is 2.68. The molecule has 1 saturated carbocycles. The van der Waals surface area contributed by atoms with Gasteiger partial charge in [0, 0.05) is 36.4 Å². The highest BCUT2D eigenvalue weighted by Crippen LogP contribution is 2.29. The molecule has 0 amide bonds. The van der Waals surface area contributed by atoms with Gasteiger partial charge in [0.25, 0.3) is 0 Å². The second-order valence-electron chi connectivity index (χ2n) is 6.06. The molecule has 0 spiro atoms.